The highest BCUT2D eigenvalue weighted by Gasteiger charge is 2.26. The number of amides is 3. The van der Waals surface area contributed by atoms with Crippen LogP contribution in [-0.2, 0) is 11.3 Å². The predicted molar refractivity (Wildman–Crippen MR) is 133 cm³/mol. The summed E-state index contributed by atoms with van der Waals surface area (Å²) in [6, 6.07) is 15.6. The molecule has 3 amide bonds. The number of nitrogens with zero attached hydrogens (tertiary/aromatic N) is 2. The molecule has 1 atom stereocenters. The average Bonchev–Trinajstić information content (AvgIpc) is 2.74. The van der Waals surface area contributed by atoms with Gasteiger partial charge in [0.15, 0.2) is 0 Å². The minimum absolute atomic E-state index is 0.138. The number of rotatable bonds is 10. The van der Waals surface area contributed by atoms with E-state index in [9.17, 15) is 9.59 Å². The Morgan fingerprint density at radius 1 is 1.00 bits per heavy atom. The predicted octanol–water partition coefficient (Wildman–Crippen LogP) is 5.07. The van der Waals surface area contributed by atoms with Crippen molar-refractivity contribution >= 4 is 23.3 Å². The first-order valence-electron chi connectivity index (χ1n) is 11.5. The molecule has 174 valence electrons. The van der Waals surface area contributed by atoms with Crippen LogP contribution in [0.3, 0.4) is 0 Å². The number of carbonyl (C=O) groups is 2. The number of nitrogens with one attached hydrogen (secondary N) is 2. The summed E-state index contributed by atoms with van der Waals surface area (Å²) in [6.45, 7) is 9.91. The van der Waals surface area contributed by atoms with Gasteiger partial charge in [0.2, 0.25) is 5.91 Å². The molecule has 0 heterocycles. The van der Waals surface area contributed by atoms with E-state index < -0.39 is 0 Å². The van der Waals surface area contributed by atoms with Crippen molar-refractivity contribution in [1.82, 2.24) is 10.2 Å². The zero-order chi connectivity index (χ0) is 23.7. The Labute approximate surface area is 193 Å². The SMILES string of the molecule is CCNC(=O)Nc1ccc(N(C)C)c(CN(CC(C)C)C(=O)C(CC)c2ccccc2)c1. The molecule has 0 aromatic heterocycles. The molecule has 0 radical (unpaired) electrons. The van der Waals surface area contributed by atoms with Gasteiger partial charge < -0.3 is 20.4 Å². The molecule has 0 aliphatic carbocycles. The largest absolute Gasteiger partial charge is 0.377 e. The summed E-state index contributed by atoms with van der Waals surface area (Å²) >= 11 is 0. The highest BCUT2D eigenvalue weighted by molar-refractivity contribution is 5.89. The normalized spacial score (nSPS) is 11.7. The van der Waals surface area contributed by atoms with Crippen molar-refractivity contribution in [2.75, 3.05) is 37.4 Å². The van der Waals surface area contributed by atoms with Gasteiger partial charge in [0.05, 0.1) is 5.92 Å². The van der Waals surface area contributed by atoms with Gasteiger partial charge in [-0.2, -0.15) is 0 Å². The van der Waals surface area contributed by atoms with Crippen LogP contribution < -0.4 is 15.5 Å². The van der Waals surface area contributed by atoms with Gasteiger partial charge in [-0.05, 0) is 48.6 Å². The molecule has 0 saturated carbocycles. The van der Waals surface area contributed by atoms with Crippen molar-refractivity contribution in [2.45, 2.75) is 46.6 Å². The molecule has 6 nitrogen and oxygen atoms in total. The van der Waals surface area contributed by atoms with Crippen molar-refractivity contribution < 1.29 is 9.59 Å². The van der Waals surface area contributed by atoms with E-state index in [2.05, 4.69) is 31.4 Å². The van der Waals surface area contributed by atoms with Gasteiger partial charge in [-0.15, -0.1) is 0 Å². The van der Waals surface area contributed by atoms with E-state index in [0.717, 1.165) is 23.2 Å². The van der Waals surface area contributed by atoms with Gasteiger partial charge in [0.25, 0.3) is 0 Å². The fourth-order valence-electron chi connectivity index (χ4n) is 3.90. The Kier molecular flexibility index (Phi) is 9.57. The molecule has 0 aliphatic rings. The molecule has 0 aliphatic heterocycles. The molecule has 0 saturated heterocycles. The monoisotopic (exact) mass is 438 g/mol. The second-order valence-corrected chi connectivity index (χ2v) is 8.71. The van der Waals surface area contributed by atoms with Crippen LogP contribution in [0.25, 0.3) is 0 Å². The van der Waals surface area contributed by atoms with Crippen molar-refractivity contribution in [2.24, 2.45) is 5.92 Å². The van der Waals surface area contributed by atoms with Crippen LogP contribution in [0.1, 0.15) is 51.2 Å². The second-order valence-electron chi connectivity index (χ2n) is 8.71. The van der Waals surface area contributed by atoms with E-state index >= 15 is 0 Å². The van der Waals surface area contributed by atoms with Gasteiger partial charge in [0.1, 0.15) is 0 Å². The summed E-state index contributed by atoms with van der Waals surface area (Å²) in [5.74, 6) is 0.306. The highest BCUT2D eigenvalue weighted by atomic mass is 16.2. The lowest BCUT2D eigenvalue weighted by Crippen LogP contribution is -2.37. The summed E-state index contributed by atoms with van der Waals surface area (Å²) in [5.41, 5.74) is 3.79. The van der Waals surface area contributed by atoms with Crippen LogP contribution in [0.4, 0.5) is 16.2 Å². The zero-order valence-corrected chi connectivity index (χ0v) is 20.3. The zero-order valence-electron chi connectivity index (χ0n) is 20.3. The molecule has 2 N–H and O–H groups in total. The number of hydrogen-bond donors (Lipinski definition) is 2. The molecule has 2 aromatic rings. The van der Waals surface area contributed by atoms with E-state index in [1.165, 1.54) is 0 Å². The standard InChI is InChI=1S/C26H38N4O2/c1-7-23(20-12-10-9-11-13-20)25(31)30(17-19(3)4)18-21-16-22(28-26(32)27-8-2)14-15-24(21)29(5)6/h9-16,19,23H,7-8,17-18H2,1-6H3,(H2,27,28,32). The fourth-order valence-corrected chi connectivity index (χ4v) is 3.90. The van der Waals surface area contributed by atoms with Crippen LogP contribution in [0.5, 0.6) is 0 Å². The van der Waals surface area contributed by atoms with Gasteiger partial charge in [-0.25, -0.2) is 4.79 Å². The summed E-state index contributed by atoms with van der Waals surface area (Å²) < 4.78 is 0. The smallest absolute Gasteiger partial charge is 0.319 e. The molecular weight excluding hydrogens is 400 g/mol. The summed E-state index contributed by atoms with van der Waals surface area (Å²) in [5, 5.41) is 5.63. The summed E-state index contributed by atoms with van der Waals surface area (Å²) in [6.07, 6.45) is 0.747. The van der Waals surface area contributed by atoms with E-state index in [1.54, 1.807) is 0 Å². The molecular formula is C26H38N4O2. The molecule has 32 heavy (non-hydrogen) atoms. The van der Waals surface area contributed by atoms with Gasteiger partial charge in [0, 0.05) is 45.1 Å². The third-order valence-corrected chi connectivity index (χ3v) is 5.32. The maximum atomic E-state index is 13.7. The third kappa shape index (κ3) is 7.01. The Morgan fingerprint density at radius 3 is 2.25 bits per heavy atom. The Hall–Kier alpha value is -3.02. The average molecular weight is 439 g/mol. The second kappa shape index (κ2) is 12.1. The van der Waals surface area contributed by atoms with E-state index in [0.29, 0.717) is 31.2 Å². The molecule has 1 unspecified atom stereocenters. The van der Waals surface area contributed by atoms with Crippen LogP contribution in [-0.4, -0.2) is 44.0 Å². The molecule has 2 rings (SSSR count). The van der Waals surface area contributed by atoms with E-state index in [4.69, 9.17) is 0 Å². The minimum atomic E-state index is -0.235. The third-order valence-electron chi connectivity index (χ3n) is 5.32. The lowest BCUT2D eigenvalue weighted by molar-refractivity contribution is -0.134. The Bertz CT molecular complexity index is 881. The number of anilines is 2. The van der Waals surface area contributed by atoms with Crippen LogP contribution in [0, 0.1) is 5.92 Å². The molecule has 2 aromatic carbocycles. The first kappa shape index (κ1) is 25.2. The minimum Gasteiger partial charge on any atom is -0.377 e. The maximum Gasteiger partial charge on any atom is 0.319 e. The lowest BCUT2D eigenvalue weighted by atomic mass is 9.94. The van der Waals surface area contributed by atoms with Gasteiger partial charge in [-0.1, -0.05) is 51.1 Å². The Morgan fingerprint density at radius 2 is 1.69 bits per heavy atom. The topological polar surface area (TPSA) is 64.7 Å². The highest BCUT2D eigenvalue weighted by Crippen LogP contribution is 2.28. The summed E-state index contributed by atoms with van der Waals surface area (Å²) in [4.78, 5) is 29.7. The van der Waals surface area contributed by atoms with Crippen molar-refractivity contribution in [3.8, 4) is 0 Å². The number of benzene rings is 2. The van der Waals surface area contributed by atoms with Gasteiger partial charge in [-0.3, -0.25) is 4.79 Å². The molecule has 0 bridgehead atoms. The van der Waals surface area contributed by atoms with Gasteiger partial charge >= 0.3 is 6.03 Å². The first-order chi connectivity index (χ1) is 15.3. The lowest BCUT2D eigenvalue weighted by Gasteiger charge is -2.30. The molecule has 6 heteroatoms. The maximum absolute atomic E-state index is 13.7. The Balaban J connectivity index is 2.37. The quantitative estimate of drug-likeness (QED) is 0.544. The van der Waals surface area contributed by atoms with Crippen molar-refractivity contribution in [1.29, 1.82) is 0 Å². The van der Waals surface area contributed by atoms with Crippen LogP contribution >= 0.6 is 0 Å². The number of urea groups is 1. The van der Waals surface area contributed by atoms with Crippen LogP contribution in [0.2, 0.25) is 0 Å². The molecule has 0 fully saturated rings. The van der Waals surface area contributed by atoms with E-state index in [-0.39, 0.29) is 17.9 Å². The van der Waals surface area contributed by atoms with E-state index in [1.807, 2.05) is 79.3 Å². The van der Waals surface area contributed by atoms with Crippen molar-refractivity contribution in [3.05, 3.63) is 59.7 Å². The summed E-state index contributed by atoms with van der Waals surface area (Å²) in [7, 11) is 3.98. The number of hydrogen-bond acceptors (Lipinski definition) is 3. The fraction of sp³-hybridized carbons (Fsp3) is 0.462. The van der Waals surface area contributed by atoms with Crippen LogP contribution in [0.15, 0.2) is 48.5 Å². The molecule has 0 spiro atoms. The van der Waals surface area contributed by atoms with Crippen molar-refractivity contribution in [3.63, 3.8) is 0 Å². The number of carbonyl (C=O) groups excluding carboxylic acids is 2. The first-order valence-corrected chi connectivity index (χ1v) is 11.5.